The lowest BCUT2D eigenvalue weighted by Gasteiger charge is -2.62. The summed E-state index contributed by atoms with van der Waals surface area (Å²) in [6.45, 7) is 12.7. The summed E-state index contributed by atoms with van der Waals surface area (Å²) in [5, 5.41) is 43.3. The number of ketones is 3. The number of hydrogen-bond donors (Lipinski definition) is 4. The molecule has 0 aromatic rings. The third-order valence-electron chi connectivity index (χ3n) is 11.7. The average Bonchev–Trinajstić information content (AvgIpc) is 3.03. The molecule has 0 spiro atoms. The van der Waals surface area contributed by atoms with Gasteiger partial charge in [0.05, 0.1) is 23.5 Å². The van der Waals surface area contributed by atoms with Gasteiger partial charge >= 0.3 is 5.97 Å². The maximum absolute atomic E-state index is 14.1. The Balaban J connectivity index is 1.79. The van der Waals surface area contributed by atoms with Gasteiger partial charge in [0, 0.05) is 30.3 Å². The van der Waals surface area contributed by atoms with E-state index >= 15 is 0 Å². The number of rotatable bonds is 6. The van der Waals surface area contributed by atoms with E-state index in [0.717, 1.165) is 0 Å². The van der Waals surface area contributed by atoms with Crippen LogP contribution in [-0.2, 0) is 19.2 Å². The molecular weight excluding hydrogens is 488 g/mol. The normalized spacial score (nSPS) is 43.7. The van der Waals surface area contributed by atoms with Crippen LogP contribution in [0.4, 0.5) is 0 Å². The Morgan fingerprint density at radius 3 is 2.18 bits per heavy atom. The molecule has 0 heterocycles. The third-order valence-corrected chi connectivity index (χ3v) is 11.7. The van der Waals surface area contributed by atoms with Crippen molar-refractivity contribution >= 4 is 23.3 Å². The molecule has 4 aliphatic rings. The highest BCUT2D eigenvalue weighted by atomic mass is 16.4. The number of aliphatic hydroxyl groups excluding tert-OH is 3. The van der Waals surface area contributed by atoms with E-state index in [-0.39, 0.29) is 42.7 Å². The fraction of sp³-hybridized carbons (Fsp3) is 0.800. The van der Waals surface area contributed by atoms with Gasteiger partial charge in [0.25, 0.3) is 0 Å². The maximum atomic E-state index is 14.1. The van der Waals surface area contributed by atoms with Crippen LogP contribution in [0.1, 0.15) is 87.0 Å². The fourth-order valence-corrected chi connectivity index (χ4v) is 9.13. The number of carbonyl (C=O) groups excluding carboxylic acids is 3. The Morgan fingerprint density at radius 2 is 1.61 bits per heavy atom. The first-order chi connectivity index (χ1) is 17.4. The monoisotopic (exact) mass is 532 g/mol. The lowest BCUT2D eigenvalue weighted by molar-refractivity contribution is -0.159. The van der Waals surface area contributed by atoms with Crippen LogP contribution in [0.25, 0.3) is 0 Å². The predicted octanol–water partition coefficient (Wildman–Crippen LogP) is 3.10. The first-order valence-electron chi connectivity index (χ1n) is 14.0. The molecular formula is C30H44O8. The van der Waals surface area contributed by atoms with E-state index in [9.17, 15) is 39.6 Å². The molecule has 0 aromatic heterocycles. The van der Waals surface area contributed by atoms with Gasteiger partial charge in [-0.25, -0.2) is 0 Å². The quantitative estimate of drug-likeness (QED) is 0.408. The summed E-state index contributed by atoms with van der Waals surface area (Å²) < 4.78 is 0. The summed E-state index contributed by atoms with van der Waals surface area (Å²) in [7, 11) is 0. The van der Waals surface area contributed by atoms with E-state index in [0.29, 0.717) is 30.4 Å². The molecule has 2 saturated carbocycles. The van der Waals surface area contributed by atoms with Crippen LogP contribution in [0.15, 0.2) is 11.1 Å². The summed E-state index contributed by atoms with van der Waals surface area (Å²) in [4.78, 5) is 52.0. The first-order valence-corrected chi connectivity index (χ1v) is 14.0. The highest BCUT2D eigenvalue weighted by Gasteiger charge is 2.73. The van der Waals surface area contributed by atoms with Gasteiger partial charge in [-0.15, -0.1) is 0 Å². The van der Waals surface area contributed by atoms with E-state index in [1.165, 1.54) is 6.92 Å². The number of carbonyl (C=O) groups is 4. The van der Waals surface area contributed by atoms with Crippen molar-refractivity contribution in [3.05, 3.63) is 11.1 Å². The van der Waals surface area contributed by atoms with Gasteiger partial charge in [-0.1, -0.05) is 41.5 Å². The van der Waals surface area contributed by atoms with E-state index in [4.69, 9.17) is 0 Å². The molecule has 4 aliphatic carbocycles. The van der Waals surface area contributed by atoms with Crippen LogP contribution in [-0.4, -0.2) is 62.1 Å². The number of carboxylic acid groups (broad SMARTS) is 1. The zero-order chi connectivity index (χ0) is 28.7. The van der Waals surface area contributed by atoms with Crippen molar-refractivity contribution in [2.75, 3.05) is 0 Å². The molecule has 10 atom stereocenters. The molecule has 38 heavy (non-hydrogen) atoms. The molecule has 8 nitrogen and oxygen atoms in total. The van der Waals surface area contributed by atoms with E-state index in [1.807, 2.05) is 27.7 Å². The smallest absolute Gasteiger partial charge is 0.306 e. The van der Waals surface area contributed by atoms with Crippen LogP contribution in [0.2, 0.25) is 0 Å². The Kier molecular flexibility index (Phi) is 6.94. The van der Waals surface area contributed by atoms with Gasteiger partial charge < -0.3 is 20.4 Å². The topological polar surface area (TPSA) is 149 Å². The highest BCUT2D eigenvalue weighted by Crippen LogP contribution is 2.70. The summed E-state index contributed by atoms with van der Waals surface area (Å²) in [5.41, 5.74) is -3.00. The van der Waals surface area contributed by atoms with Crippen LogP contribution in [0, 0.1) is 45.3 Å². The van der Waals surface area contributed by atoms with Crippen LogP contribution >= 0.6 is 0 Å². The second-order valence-electron chi connectivity index (χ2n) is 14.0. The Morgan fingerprint density at radius 1 is 1.00 bits per heavy atom. The standard InChI is InChI=1S/C30H44O8/c1-14(10-16(31)11-15(2)26(37)38)17-12-21(34)30(7)22-18(32)13-19-27(3,4)20(33)8-9-28(19,5)23(22)24(35)25(36)29(17,30)6/h14-15,17-20,25,32-33,36H,8-13H2,1-7H3,(H,37,38)/t14?,15?,17?,18?,19?,20?,25?,28-,29-,30-/m0/s1. The summed E-state index contributed by atoms with van der Waals surface area (Å²) in [6.07, 6.45) is -1.84. The van der Waals surface area contributed by atoms with Crippen LogP contribution < -0.4 is 0 Å². The molecule has 4 N–H and O–H groups in total. The minimum atomic E-state index is -1.49. The fourth-order valence-electron chi connectivity index (χ4n) is 9.13. The molecule has 0 bridgehead atoms. The molecule has 0 aromatic carbocycles. The van der Waals surface area contributed by atoms with Crippen molar-refractivity contribution in [2.24, 2.45) is 45.3 Å². The van der Waals surface area contributed by atoms with Crippen molar-refractivity contribution < 1.29 is 39.6 Å². The average molecular weight is 533 g/mol. The van der Waals surface area contributed by atoms with Gasteiger partial charge in [0.1, 0.15) is 17.7 Å². The maximum Gasteiger partial charge on any atom is 0.306 e. The van der Waals surface area contributed by atoms with Crippen molar-refractivity contribution in [1.29, 1.82) is 0 Å². The summed E-state index contributed by atoms with van der Waals surface area (Å²) in [5.74, 6) is -3.81. The third kappa shape index (κ3) is 3.66. The van der Waals surface area contributed by atoms with Crippen molar-refractivity contribution in [2.45, 2.75) is 105 Å². The summed E-state index contributed by atoms with van der Waals surface area (Å²) in [6, 6.07) is 0. The second kappa shape index (κ2) is 9.07. The molecule has 7 unspecified atom stereocenters. The minimum Gasteiger partial charge on any atom is -0.481 e. The molecule has 0 saturated heterocycles. The molecule has 0 aliphatic heterocycles. The Labute approximate surface area is 224 Å². The van der Waals surface area contributed by atoms with E-state index < -0.39 is 63.6 Å². The number of Topliss-reactive ketones (excluding diaryl/α,β-unsaturated/α-hetero) is 3. The van der Waals surface area contributed by atoms with Crippen molar-refractivity contribution in [1.82, 2.24) is 0 Å². The Bertz CT molecular complexity index is 1110. The highest BCUT2D eigenvalue weighted by molar-refractivity contribution is 6.07. The van der Waals surface area contributed by atoms with Gasteiger partial charge in [-0.05, 0) is 60.3 Å². The molecule has 0 radical (unpaired) electrons. The lowest BCUT2D eigenvalue weighted by atomic mass is 9.42. The predicted molar refractivity (Wildman–Crippen MR) is 139 cm³/mol. The SMILES string of the molecule is CC(CC(=O)CC(C)C1CC(=O)[C@@]2(C)C3=C(C(=O)C(O)[C@]12C)[C@@]1(C)CCC(O)C(C)(C)C1CC3O)C(=O)O. The largest absolute Gasteiger partial charge is 0.481 e. The summed E-state index contributed by atoms with van der Waals surface area (Å²) >= 11 is 0. The van der Waals surface area contributed by atoms with Gasteiger partial charge in [0.2, 0.25) is 0 Å². The minimum absolute atomic E-state index is 0.0441. The van der Waals surface area contributed by atoms with Gasteiger partial charge in [-0.2, -0.15) is 0 Å². The first kappa shape index (κ1) is 29.1. The number of aliphatic carboxylic acids is 1. The Hall–Kier alpha value is -1.90. The van der Waals surface area contributed by atoms with Gasteiger partial charge in [0.15, 0.2) is 5.78 Å². The number of carboxylic acids is 1. The van der Waals surface area contributed by atoms with Crippen LogP contribution in [0.5, 0.6) is 0 Å². The number of aliphatic hydroxyl groups is 3. The number of hydrogen-bond acceptors (Lipinski definition) is 7. The van der Waals surface area contributed by atoms with E-state index in [1.54, 1.807) is 13.8 Å². The zero-order valence-electron chi connectivity index (χ0n) is 23.7. The van der Waals surface area contributed by atoms with Gasteiger partial charge in [-0.3, -0.25) is 19.2 Å². The van der Waals surface area contributed by atoms with Crippen LogP contribution in [0.3, 0.4) is 0 Å². The zero-order valence-corrected chi connectivity index (χ0v) is 23.7. The molecule has 0 amide bonds. The second-order valence-corrected chi connectivity index (χ2v) is 14.0. The molecule has 8 heteroatoms. The molecule has 4 rings (SSSR count). The number of fused-ring (bicyclic) bond motifs is 4. The van der Waals surface area contributed by atoms with E-state index in [2.05, 4.69) is 0 Å². The van der Waals surface area contributed by atoms with Crippen molar-refractivity contribution in [3.63, 3.8) is 0 Å². The molecule has 212 valence electrons. The molecule has 2 fully saturated rings. The van der Waals surface area contributed by atoms with Crippen molar-refractivity contribution in [3.8, 4) is 0 Å². The lowest BCUT2D eigenvalue weighted by Crippen LogP contribution is -2.64.